The molecule has 0 saturated heterocycles. The van der Waals surface area contributed by atoms with Crippen molar-refractivity contribution in [2.45, 2.75) is 39.8 Å². The fraction of sp³-hybridized carbons (Fsp3) is 0.667. The molecule has 0 N–H and O–H groups in total. The van der Waals surface area contributed by atoms with Crippen molar-refractivity contribution < 1.29 is 17.8 Å². The highest BCUT2D eigenvalue weighted by Gasteiger charge is 2.58. The van der Waals surface area contributed by atoms with Gasteiger partial charge < -0.3 is 17.8 Å². The zero-order chi connectivity index (χ0) is 17.8. The predicted molar refractivity (Wildman–Crippen MR) is 100 cm³/mol. The van der Waals surface area contributed by atoms with Crippen LogP contribution in [0, 0.1) is 0 Å². The van der Waals surface area contributed by atoms with Gasteiger partial charge in [0.25, 0.3) is 0 Å². The summed E-state index contributed by atoms with van der Waals surface area (Å²) in [5.74, 6) is 0. The van der Waals surface area contributed by atoms with Gasteiger partial charge in [0.1, 0.15) is 0 Å². The number of hydrogen-bond acceptors (Lipinski definition) is 3. The van der Waals surface area contributed by atoms with E-state index < -0.39 is 8.80 Å². The van der Waals surface area contributed by atoms with Crippen LogP contribution < -0.4 is 0 Å². The Bertz CT molecular complexity index is 317. The van der Waals surface area contributed by atoms with Crippen molar-refractivity contribution in [2.24, 2.45) is 0 Å². The molecule has 0 bridgehead atoms. The molecule has 0 heterocycles. The van der Waals surface area contributed by atoms with Crippen molar-refractivity contribution in [3.8, 4) is 0 Å². The molecular formula is C18H36NO3Si+. The molecule has 0 aromatic rings. The van der Waals surface area contributed by atoms with Gasteiger partial charge in [-0.15, -0.1) is 0 Å². The summed E-state index contributed by atoms with van der Waals surface area (Å²) in [7, 11) is -2.84. The molecule has 4 nitrogen and oxygen atoms in total. The molecule has 0 aliphatic heterocycles. The Balaban J connectivity index is 6.06. The third-order valence-corrected chi connectivity index (χ3v) is 7.82. The Hall–Kier alpha value is -0.723. The lowest BCUT2D eigenvalue weighted by molar-refractivity contribution is -0.927. The smallest absolute Gasteiger partial charge is 0.370 e. The number of hydrogen-bond donors (Lipinski definition) is 0. The second kappa shape index (κ2) is 11.8. The van der Waals surface area contributed by atoms with Crippen LogP contribution in [0.4, 0.5) is 0 Å². The minimum atomic E-state index is -2.84. The van der Waals surface area contributed by atoms with Gasteiger partial charge in [-0.25, -0.2) is 0 Å². The number of nitrogens with zero attached hydrogens (tertiary/aromatic N) is 1. The Morgan fingerprint density at radius 1 is 0.783 bits per heavy atom. The van der Waals surface area contributed by atoms with Crippen LogP contribution in [0.3, 0.4) is 0 Å². The van der Waals surface area contributed by atoms with Crippen molar-refractivity contribution in [2.75, 3.05) is 39.5 Å². The summed E-state index contributed by atoms with van der Waals surface area (Å²) < 4.78 is 19.3. The first-order valence-electron chi connectivity index (χ1n) is 8.66. The minimum absolute atomic E-state index is 0.122. The van der Waals surface area contributed by atoms with Crippen LogP contribution in [0.5, 0.6) is 0 Å². The van der Waals surface area contributed by atoms with Crippen LogP contribution in [0.15, 0.2) is 38.0 Å². The molecule has 0 aliphatic rings. The summed E-state index contributed by atoms with van der Waals surface area (Å²) in [6.07, 6.45) is 6.78. The van der Waals surface area contributed by atoms with Gasteiger partial charge in [-0.05, 0) is 39.0 Å². The highest BCUT2D eigenvalue weighted by Crippen LogP contribution is 2.29. The van der Waals surface area contributed by atoms with Crippen molar-refractivity contribution in [3.63, 3.8) is 0 Å². The molecule has 0 aliphatic carbocycles. The Labute approximate surface area is 144 Å². The molecule has 134 valence electrons. The Kier molecular flexibility index (Phi) is 11.4. The maximum atomic E-state index is 6.18. The molecule has 0 amide bonds. The zero-order valence-corrected chi connectivity index (χ0v) is 16.6. The first-order chi connectivity index (χ1) is 11.1. The van der Waals surface area contributed by atoms with Gasteiger partial charge in [0, 0.05) is 26.2 Å². The summed E-state index contributed by atoms with van der Waals surface area (Å²) in [5.41, 5.74) is 0.122. The Morgan fingerprint density at radius 3 is 1.35 bits per heavy atom. The minimum Gasteiger partial charge on any atom is -0.370 e. The lowest BCUT2D eigenvalue weighted by atomic mass is 10.2. The Morgan fingerprint density at radius 2 is 1.13 bits per heavy atom. The maximum absolute atomic E-state index is 6.18. The van der Waals surface area contributed by atoms with E-state index in [9.17, 15) is 0 Å². The molecule has 0 saturated carbocycles. The van der Waals surface area contributed by atoms with Crippen molar-refractivity contribution in [1.82, 2.24) is 0 Å². The second-order valence-corrected chi connectivity index (χ2v) is 8.20. The molecule has 1 unspecified atom stereocenters. The summed E-state index contributed by atoms with van der Waals surface area (Å²) in [4.78, 5) is 0. The average molecular weight is 343 g/mol. The molecule has 0 aromatic heterocycles. The van der Waals surface area contributed by atoms with Crippen LogP contribution in [-0.4, -0.2) is 58.4 Å². The lowest BCUT2D eigenvalue weighted by Crippen LogP contribution is -2.70. The summed E-state index contributed by atoms with van der Waals surface area (Å²) in [5, 5.41) is 0. The van der Waals surface area contributed by atoms with E-state index >= 15 is 0 Å². The van der Waals surface area contributed by atoms with E-state index in [1.807, 2.05) is 39.0 Å². The molecule has 5 heteroatoms. The lowest BCUT2D eigenvalue weighted by Gasteiger charge is -2.48. The third kappa shape index (κ3) is 5.69. The van der Waals surface area contributed by atoms with E-state index in [1.165, 1.54) is 0 Å². The van der Waals surface area contributed by atoms with Crippen LogP contribution in [0.25, 0.3) is 0 Å². The van der Waals surface area contributed by atoms with Gasteiger partial charge in [0.2, 0.25) is 0 Å². The van der Waals surface area contributed by atoms with Crippen LogP contribution in [-0.2, 0) is 13.3 Å². The van der Waals surface area contributed by atoms with Gasteiger partial charge in [-0.2, -0.15) is 0 Å². The van der Waals surface area contributed by atoms with Crippen LogP contribution in [0.2, 0.25) is 0 Å². The highest BCUT2D eigenvalue weighted by molar-refractivity contribution is 6.62. The predicted octanol–water partition coefficient (Wildman–Crippen LogP) is 3.73. The molecule has 0 aromatic carbocycles. The second-order valence-electron chi connectivity index (χ2n) is 5.46. The fourth-order valence-corrected chi connectivity index (χ4v) is 6.89. The topological polar surface area (TPSA) is 27.7 Å². The van der Waals surface area contributed by atoms with E-state index in [4.69, 9.17) is 13.3 Å². The SMILES string of the molecule is C=CC[N+](CC=C)(CC=C)C(CC)[Si](OCC)(OCC)OCC. The van der Waals surface area contributed by atoms with E-state index in [0.717, 1.165) is 30.5 Å². The van der Waals surface area contributed by atoms with Gasteiger partial charge in [0.15, 0.2) is 5.67 Å². The summed E-state index contributed by atoms with van der Waals surface area (Å²) in [6.45, 7) is 24.2. The molecular weight excluding hydrogens is 306 g/mol. The molecule has 0 rings (SSSR count). The fourth-order valence-electron chi connectivity index (χ4n) is 3.37. The van der Waals surface area contributed by atoms with Crippen molar-refractivity contribution in [1.29, 1.82) is 0 Å². The van der Waals surface area contributed by atoms with Gasteiger partial charge in [-0.1, -0.05) is 26.7 Å². The number of quaternary nitrogens is 1. The van der Waals surface area contributed by atoms with Crippen molar-refractivity contribution in [3.05, 3.63) is 38.0 Å². The van der Waals surface area contributed by atoms with E-state index in [1.54, 1.807) is 0 Å². The molecule has 0 spiro atoms. The first-order valence-corrected chi connectivity index (χ1v) is 10.5. The summed E-state index contributed by atoms with van der Waals surface area (Å²) >= 11 is 0. The van der Waals surface area contributed by atoms with E-state index in [2.05, 4.69) is 26.7 Å². The van der Waals surface area contributed by atoms with Gasteiger partial charge in [0.05, 0.1) is 19.6 Å². The molecule has 1 atom stereocenters. The largest absolute Gasteiger partial charge is 0.562 e. The molecule has 0 radical (unpaired) electrons. The van der Waals surface area contributed by atoms with E-state index in [-0.39, 0.29) is 5.67 Å². The molecule has 23 heavy (non-hydrogen) atoms. The first kappa shape index (κ1) is 22.3. The average Bonchev–Trinajstić information content (AvgIpc) is 2.49. The van der Waals surface area contributed by atoms with Crippen molar-refractivity contribution >= 4 is 8.80 Å². The normalized spacial score (nSPS) is 13.6. The van der Waals surface area contributed by atoms with Crippen LogP contribution in [0.1, 0.15) is 34.1 Å². The quantitative estimate of drug-likeness (QED) is 0.258. The summed E-state index contributed by atoms with van der Waals surface area (Å²) in [6, 6.07) is 0. The van der Waals surface area contributed by atoms with Gasteiger partial charge in [-0.3, -0.25) is 0 Å². The molecule has 0 fully saturated rings. The number of rotatable bonds is 15. The van der Waals surface area contributed by atoms with Gasteiger partial charge >= 0.3 is 8.80 Å². The van der Waals surface area contributed by atoms with Crippen LogP contribution >= 0.6 is 0 Å². The van der Waals surface area contributed by atoms with E-state index in [0.29, 0.717) is 19.8 Å². The standard InChI is InChI=1S/C18H36NO3Si/c1-8-15-19(16-9-2,17-10-3)18(11-4)23(20-12-5,21-13-6)22-14-7/h8-10,18H,1-3,11-17H2,4-7H3/q+1. The third-order valence-electron chi connectivity index (χ3n) is 3.97. The highest BCUT2D eigenvalue weighted by atomic mass is 28.4. The monoisotopic (exact) mass is 342 g/mol. The zero-order valence-electron chi connectivity index (χ0n) is 15.6. The maximum Gasteiger partial charge on any atom is 0.562 e.